The van der Waals surface area contributed by atoms with Crippen LogP contribution in [0.4, 0.5) is 11.6 Å². The fraction of sp³-hybridized carbons (Fsp3) is 0.231. The van der Waals surface area contributed by atoms with Crippen molar-refractivity contribution in [3.05, 3.63) is 33.5 Å². The van der Waals surface area contributed by atoms with Crippen molar-refractivity contribution in [1.82, 2.24) is 9.97 Å². The summed E-state index contributed by atoms with van der Waals surface area (Å²) in [5.74, 6) is 2.00. The van der Waals surface area contributed by atoms with Crippen molar-refractivity contribution in [3.8, 4) is 11.5 Å². The summed E-state index contributed by atoms with van der Waals surface area (Å²) in [7, 11) is 3.17. The van der Waals surface area contributed by atoms with Crippen molar-refractivity contribution < 1.29 is 9.47 Å². The van der Waals surface area contributed by atoms with Gasteiger partial charge in [-0.2, -0.15) is 0 Å². The molecular weight excluding hydrogens is 360 g/mol. The highest BCUT2D eigenvalue weighted by Crippen LogP contribution is 2.36. The van der Waals surface area contributed by atoms with Gasteiger partial charge < -0.3 is 20.5 Å². The summed E-state index contributed by atoms with van der Waals surface area (Å²) in [6, 6.07) is 3.79. The zero-order valence-corrected chi connectivity index (χ0v) is 13.8. The Hall–Kier alpha value is -1.73. The molecule has 6 nitrogen and oxygen atoms in total. The minimum atomic E-state index is 0.239. The molecule has 2 rings (SSSR count). The second-order valence-electron chi connectivity index (χ2n) is 4.09. The van der Waals surface area contributed by atoms with Crippen LogP contribution in [0.3, 0.4) is 0 Å². The van der Waals surface area contributed by atoms with Crippen LogP contribution < -0.4 is 20.5 Å². The van der Waals surface area contributed by atoms with Crippen LogP contribution in [0.1, 0.15) is 5.56 Å². The predicted molar refractivity (Wildman–Crippen MR) is 86.0 cm³/mol. The van der Waals surface area contributed by atoms with Gasteiger partial charge in [0.2, 0.25) is 0 Å². The second kappa shape index (κ2) is 6.82. The standard InChI is InChI=1S/C13H14BrClN4O2/c1-20-9-4-7(3-8(14)11(9)21-2)5-17-13-10(15)12(16)18-6-19-13/h3-4,6H,5H2,1-2H3,(H3,16,17,18,19). The highest BCUT2D eigenvalue weighted by molar-refractivity contribution is 9.10. The van der Waals surface area contributed by atoms with Gasteiger partial charge in [-0.3, -0.25) is 0 Å². The molecule has 0 spiro atoms. The lowest BCUT2D eigenvalue weighted by Crippen LogP contribution is -2.05. The minimum absolute atomic E-state index is 0.239. The first-order valence-corrected chi connectivity index (χ1v) is 7.14. The number of nitrogen functional groups attached to an aromatic ring is 1. The van der Waals surface area contributed by atoms with E-state index in [0.29, 0.717) is 28.9 Å². The number of nitrogens with zero attached hydrogens (tertiary/aromatic N) is 2. The molecule has 0 bridgehead atoms. The highest BCUT2D eigenvalue weighted by atomic mass is 79.9. The van der Waals surface area contributed by atoms with Gasteiger partial charge >= 0.3 is 0 Å². The zero-order chi connectivity index (χ0) is 15.4. The SMILES string of the molecule is COc1cc(CNc2ncnc(N)c2Cl)cc(Br)c1OC. The number of aromatic nitrogens is 2. The van der Waals surface area contributed by atoms with Crippen LogP contribution in [0, 0.1) is 0 Å². The number of ether oxygens (including phenoxy) is 2. The summed E-state index contributed by atoms with van der Waals surface area (Å²) >= 11 is 9.48. The van der Waals surface area contributed by atoms with Crippen LogP contribution in [0.2, 0.25) is 5.02 Å². The summed E-state index contributed by atoms with van der Waals surface area (Å²) in [5, 5.41) is 3.41. The van der Waals surface area contributed by atoms with Crippen molar-refractivity contribution in [2.75, 3.05) is 25.3 Å². The van der Waals surface area contributed by atoms with E-state index in [2.05, 4.69) is 31.2 Å². The fourth-order valence-corrected chi connectivity index (χ4v) is 2.58. The van der Waals surface area contributed by atoms with Crippen LogP contribution in [-0.4, -0.2) is 24.2 Å². The van der Waals surface area contributed by atoms with Gasteiger partial charge in [0.15, 0.2) is 17.3 Å². The first-order valence-electron chi connectivity index (χ1n) is 5.97. The third-order valence-electron chi connectivity index (χ3n) is 2.77. The second-order valence-corrected chi connectivity index (χ2v) is 5.32. The minimum Gasteiger partial charge on any atom is -0.493 e. The maximum atomic E-state index is 6.03. The molecule has 0 aliphatic carbocycles. The molecule has 21 heavy (non-hydrogen) atoms. The molecule has 1 aromatic carbocycles. The Morgan fingerprint density at radius 2 is 2.05 bits per heavy atom. The topological polar surface area (TPSA) is 82.3 Å². The molecule has 3 N–H and O–H groups in total. The number of methoxy groups -OCH3 is 2. The molecule has 0 aliphatic rings. The molecule has 0 saturated heterocycles. The molecule has 0 amide bonds. The van der Waals surface area contributed by atoms with E-state index >= 15 is 0 Å². The quantitative estimate of drug-likeness (QED) is 0.838. The normalized spacial score (nSPS) is 10.3. The first kappa shape index (κ1) is 15.7. The van der Waals surface area contributed by atoms with Gasteiger partial charge in [-0.05, 0) is 33.6 Å². The summed E-state index contributed by atoms with van der Waals surface area (Å²) in [6.07, 6.45) is 1.36. The molecule has 1 aromatic heterocycles. The number of nitrogens with two attached hydrogens (primary N) is 1. The van der Waals surface area contributed by atoms with E-state index in [1.54, 1.807) is 14.2 Å². The van der Waals surface area contributed by atoms with Crippen molar-refractivity contribution in [2.45, 2.75) is 6.54 Å². The predicted octanol–water partition coefficient (Wildman–Crippen LogP) is 3.10. The summed E-state index contributed by atoms with van der Waals surface area (Å²) in [4.78, 5) is 7.86. The van der Waals surface area contributed by atoms with Gasteiger partial charge in [-0.15, -0.1) is 0 Å². The largest absolute Gasteiger partial charge is 0.493 e. The number of hydrogen-bond acceptors (Lipinski definition) is 6. The summed E-state index contributed by atoms with van der Waals surface area (Å²) < 4.78 is 11.4. The summed E-state index contributed by atoms with van der Waals surface area (Å²) in [5.41, 5.74) is 6.60. The number of nitrogens with one attached hydrogen (secondary N) is 1. The van der Waals surface area contributed by atoms with Gasteiger partial charge in [0.05, 0.1) is 18.7 Å². The Balaban J connectivity index is 2.20. The lowest BCUT2D eigenvalue weighted by molar-refractivity contribution is 0.352. The van der Waals surface area contributed by atoms with Crippen LogP contribution in [0.5, 0.6) is 11.5 Å². The smallest absolute Gasteiger partial charge is 0.174 e. The Morgan fingerprint density at radius 3 is 2.71 bits per heavy atom. The van der Waals surface area contributed by atoms with E-state index in [4.69, 9.17) is 26.8 Å². The molecule has 0 aliphatic heterocycles. The van der Waals surface area contributed by atoms with E-state index in [-0.39, 0.29) is 5.82 Å². The highest BCUT2D eigenvalue weighted by Gasteiger charge is 2.11. The van der Waals surface area contributed by atoms with Gasteiger partial charge in [0.25, 0.3) is 0 Å². The van der Waals surface area contributed by atoms with Crippen molar-refractivity contribution >= 4 is 39.2 Å². The van der Waals surface area contributed by atoms with Crippen LogP contribution in [0.25, 0.3) is 0 Å². The van der Waals surface area contributed by atoms with Gasteiger partial charge in [0.1, 0.15) is 17.2 Å². The zero-order valence-electron chi connectivity index (χ0n) is 11.5. The molecule has 0 fully saturated rings. The average molecular weight is 374 g/mol. The lowest BCUT2D eigenvalue weighted by Gasteiger charge is -2.13. The Labute approximate surface area is 135 Å². The molecule has 0 radical (unpaired) electrons. The first-order chi connectivity index (χ1) is 10.1. The van der Waals surface area contributed by atoms with Crippen molar-refractivity contribution in [2.24, 2.45) is 0 Å². The number of rotatable bonds is 5. The number of benzene rings is 1. The van der Waals surface area contributed by atoms with Crippen molar-refractivity contribution in [1.29, 1.82) is 0 Å². The molecular formula is C13H14BrClN4O2. The Bertz CT molecular complexity index is 654. The lowest BCUT2D eigenvalue weighted by atomic mass is 10.2. The third kappa shape index (κ3) is 3.48. The molecule has 0 atom stereocenters. The number of hydrogen-bond donors (Lipinski definition) is 2. The summed E-state index contributed by atoms with van der Waals surface area (Å²) in [6.45, 7) is 0.495. The van der Waals surface area contributed by atoms with Crippen LogP contribution in [-0.2, 0) is 6.54 Å². The van der Waals surface area contributed by atoms with Gasteiger partial charge in [0, 0.05) is 6.54 Å². The van der Waals surface area contributed by atoms with E-state index in [1.807, 2.05) is 12.1 Å². The van der Waals surface area contributed by atoms with E-state index in [0.717, 1.165) is 10.0 Å². The fourth-order valence-electron chi connectivity index (χ4n) is 1.77. The van der Waals surface area contributed by atoms with E-state index in [9.17, 15) is 0 Å². The van der Waals surface area contributed by atoms with Crippen LogP contribution in [0.15, 0.2) is 22.9 Å². The average Bonchev–Trinajstić information content (AvgIpc) is 2.48. The maximum Gasteiger partial charge on any atom is 0.174 e. The molecule has 1 heterocycles. The van der Waals surface area contributed by atoms with Crippen molar-refractivity contribution in [3.63, 3.8) is 0 Å². The molecule has 0 unspecified atom stereocenters. The van der Waals surface area contributed by atoms with Gasteiger partial charge in [-0.1, -0.05) is 11.6 Å². The Morgan fingerprint density at radius 1 is 1.29 bits per heavy atom. The third-order valence-corrected chi connectivity index (χ3v) is 3.73. The Kier molecular flexibility index (Phi) is 5.08. The molecule has 2 aromatic rings. The number of halogens is 2. The molecule has 112 valence electrons. The monoisotopic (exact) mass is 372 g/mol. The van der Waals surface area contributed by atoms with E-state index in [1.165, 1.54) is 6.33 Å². The molecule has 8 heteroatoms. The number of anilines is 2. The van der Waals surface area contributed by atoms with Crippen LogP contribution >= 0.6 is 27.5 Å². The van der Waals surface area contributed by atoms with E-state index < -0.39 is 0 Å². The van der Waals surface area contributed by atoms with Gasteiger partial charge in [-0.25, -0.2) is 9.97 Å². The molecule has 0 saturated carbocycles. The maximum absolute atomic E-state index is 6.03.